The Morgan fingerprint density at radius 2 is 1.69 bits per heavy atom. The fraction of sp³-hybridized carbons (Fsp3) is 0.458. The number of aliphatic hydroxyl groups excluding tert-OH is 3. The SMILES string of the molecule is CC1c2c(N(C)C)ccc(O)c2C(O)=C2C(=O)C3(O)C(O)=C(C(N)=O)C(=O)C(N(C)C)C3C(O)C21. The number of primary amides is 1. The molecule has 0 heterocycles. The molecule has 1 fully saturated rings. The number of carbonyl (C=O) groups excluding carboxylic acids is 3. The van der Waals surface area contributed by atoms with E-state index in [2.05, 4.69) is 0 Å². The number of carbonyl (C=O) groups is 3. The van der Waals surface area contributed by atoms with Crippen LogP contribution in [0.25, 0.3) is 5.76 Å². The summed E-state index contributed by atoms with van der Waals surface area (Å²) < 4.78 is 0. The number of phenolic OH excluding ortho intramolecular Hbond substituents is 1. The number of aliphatic hydroxyl groups is 4. The van der Waals surface area contributed by atoms with Gasteiger partial charge in [-0.05, 0) is 37.7 Å². The third kappa shape index (κ3) is 2.98. The molecule has 0 saturated heterocycles. The van der Waals surface area contributed by atoms with E-state index in [4.69, 9.17) is 5.73 Å². The lowest BCUT2D eigenvalue weighted by Crippen LogP contribution is -2.70. The van der Waals surface area contributed by atoms with Gasteiger partial charge in [-0.2, -0.15) is 0 Å². The highest BCUT2D eigenvalue weighted by molar-refractivity contribution is 6.24. The first-order chi connectivity index (χ1) is 16.2. The molecule has 3 aliphatic rings. The monoisotopic (exact) mass is 487 g/mol. The largest absolute Gasteiger partial charge is 0.508 e. The normalized spacial score (nSPS) is 32.4. The maximum atomic E-state index is 13.9. The summed E-state index contributed by atoms with van der Waals surface area (Å²) in [4.78, 5) is 42.1. The van der Waals surface area contributed by atoms with Gasteiger partial charge >= 0.3 is 0 Å². The van der Waals surface area contributed by atoms with Gasteiger partial charge in [-0.15, -0.1) is 0 Å². The van der Waals surface area contributed by atoms with E-state index in [0.717, 1.165) is 0 Å². The van der Waals surface area contributed by atoms with Crippen molar-refractivity contribution in [3.63, 3.8) is 0 Å². The first-order valence-electron chi connectivity index (χ1n) is 11.1. The highest BCUT2D eigenvalue weighted by Crippen LogP contribution is 2.57. The lowest BCUT2D eigenvalue weighted by atomic mass is 9.54. The van der Waals surface area contributed by atoms with Gasteiger partial charge in [0, 0.05) is 31.3 Å². The van der Waals surface area contributed by atoms with Gasteiger partial charge in [0.05, 0.1) is 23.6 Å². The number of Topliss-reactive ketones (excluding diaryl/α,β-unsaturated/α-hetero) is 2. The number of anilines is 1. The summed E-state index contributed by atoms with van der Waals surface area (Å²) in [5.74, 6) is -9.04. The first-order valence-corrected chi connectivity index (χ1v) is 11.1. The van der Waals surface area contributed by atoms with Crippen LogP contribution < -0.4 is 10.6 Å². The Kier molecular flexibility index (Phi) is 5.51. The molecule has 1 saturated carbocycles. The first kappa shape index (κ1) is 24.7. The van der Waals surface area contributed by atoms with Crippen molar-refractivity contribution in [2.45, 2.75) is 30.6 Å². The standard InChI is InChI=1S/C24H29N3O8/c1-8-11-9(26(2)3)6-7-10(28)13(11)18(29)14-12(8)19(30)16-17(27(4)5)20(31)15(23(25)34)22(33)24(16,35)21(14)32/h6-8,12,16-17,19,28-30,33,35H,1-5H3,(H2,25,34). The number of nitrogens with zero attached hydrogens (tertiary/aromatic N) is 2. The van der Waals surface area contributed by atoms with Crippen LogP contribution in [0.1, 0.15) is 24.0 Å². The van der Waals surface area contributed by atoms with E-state index in [1.54, 1.807) is 32.0 Å². The molecule has 0 aliphatic heterocycles. The number of hydrogen-bond donors (Lipinski definition) is 6. The van der Waals surface area contributed by atoms with E-state index < -0.39 is 75.6 Å². The lowest BCUT2D eigenvalue weighted by Gasteiger charge is -2.54. The Morgan fingerprint density at radius 1 is 1.09 bits per heavy atom. The number of nitrogens with two attached hydrogens (primary N) is 1. The predicted octanol–water partition coefficient (Wildman–Crippen LogP) is -0.438. The lowest BCUT2D eigenvalue weighted by molar-refractivity contribution is -0.169. The van der Waals surface area contributed by atoms with E-state index in [9.17, 15) is 39.9 Å². The molecule has 6 atom stereocenters. The molecule has 188 valence electrons. The molecule has 7 N–H and O–H groups in total. The van der Waals surface area contributed by atoms with Crippen molar-refractivity contribution in [3.05, 3.63) is 40.2 Å². The van der Waals surface area contributed by atoms with E-state index >= 15 is 0 Å². The number of likely N-dealkylation sites (N-methyl/N-ethyl adjacent to an activating group) is 1. The maximum Gasteiger partial charge on any atom is 0.255 e. The number of phenols is 1. The highest BCUT2D eigenvalue weighted by atomic mass is 16.4. The van der Waals surface area contributed by atoms with Crippen molar-refractivity contribution in [1.82, 2.24) is 4.90 Å². The summed E-state index contributed by atoms with van der Waals surface area (Å²) >= 11 is 0. The van der Waals surface area contributed by atoms with Crippen molar-refractivity contribution in [3.8, 4) is 5.75 Å². The molecule has 0 spiro atoms. The molecule has 1 aromatic rings. The van der Waals surface area contributed by atoms with Crippen LogP contribution in [0.5, 0.6) is 5.75 Å². The molecule has 11 heteroatoms. The van der Waals surface area contributed by atoms with E-state index in [1.807, 2.05) is 0 Å². The van der Waals surface area contributed by atoms with Crippen molar-refractivity contribution in [2.24, 2.45) is 17.6 Å². The van der Waals surface area contributed by atoms with Crippen LogP contribution >= 0.6 is 0 Å². The third-order valence-electron chi connectivity index (χ3n) is 7.57. The molecular formula is C24H29N3O8. The van der Waals surface area contributed by atoms with Gasteiger partial charge in [0.2, 0.25) is 5.78 Å². The topological polar surface area (TPSA) is 185 Å². The fourth-order valence-electron chi connectivity index (χ4n) is 6.06. The third-order valence-corrected chi connectivity index (χ3v) is 7.57. The summed E-state index contributed by atoms with van der Waals surface area (Å²) in [5.41, 5.74) is 2.09. The van der Waals surface area contributed by atoms with Gasteiger partial charge in [0.1, 0.15) is 22.8 Å². The minimum atomic E-state index is -2.92. The number of fused-ring (bicyclic) bond motifs is 3. The zero-order valence-corrected chi connectivity index (χ0v) is 20.0. The number of rotatable bonds is 3. The van der Waals surface area contributed by atoms with Crippen molar-refractivity contribution in [1.29, 1.82) is 0 Å². The van der Waals surface area contributed by atoms with Gasteiger partial charge in [0.25, 0.3) is 5.91 Å². The molecule has 6 unspecified atom stereocenters. The average Bonchev–Trinajstić information content (AvgIpc) is 2.75. The van der Waals surface area contributed by atoms with E-state index in [0.29, 0.717) is 11.3 Å². The molecule has 4 rings (SSSR count). The van der Waals surface area contributed by atoms with Crippen LogP contribution in [0.15, 0.2) is 29.0 Å². The second-order valence-electron chi connectivity index (χ2n) is 9.84. The van der Waals surface area contributed by atoms with Crippen LogP contribution in [0.2, 0.25) is 0 Å². The van der Waals surface area contributed by atoms with E-state index in [1.165, 1.54) is 25.1 Å². The minimum absolute atomic E-state index is 0.0350. The summed E-state index contributed by atoms with van der Waals surface area (Å²) in [7, 11) is 6.44. The Morgan fingerprint density at radius 3 is 2.20 bits per heavy atom. The number of ketones is 2. The Bertz CT molecular complexity index is 1230. The molecule has 1 aromatic carbocycles. The number of aromatic hydroxyl groups is 1. The van der Waals surface area contributed by atoms with Crippen molar-refractivity contribution < 1.29 is 39.9 Å². The molecule has 0 bridgehead atoms. The van der Waals surface area contributed by atoms with Crippen LogP contribution in [0.3, 0.4) is 0 Å². The van der Waals surface area contributed by atoms with Gasteiger partial charge in [-0.3, -0.25) is 19.3 Å². The van der Waals surface area contributed by atoms with Crippen LogP contribution in [-0.2, 0) is 14.4 Å². The Labute approximate surface area is 201 Å². The summed E-state index contributed by atoms with van der Waals surface area (Å²) in [6.45, 7) is 1.70. The molecule has 35 heavy (non-hydrogen) atoms. The quantitative estimate of drug-likeness (QED) is 0.305. The van der Waals surface area contributed by atoms with Gasteiger partial charge in [0.15, 0.2) is 11.4 Å². The fourth-order valence-corrected chi connectivity index (χ4v) is 6.06. The Hall–Kier alpha value is -3.41. The van der Waals surface area contributed by atoms with Gasteiger partial charge in [-0.1, -0.05) is 6.92 Å². The number of hydrogen-bond acceptors (Lipinski definition) is 10. The van der Waals surface area contributed by atoms with Crippen molar-refractivity contribution in [2.75, 3.05) is 33.1 Å². The van der Waals surface area contributed by atoms with Crippen molar-refractivity contribution >= 4 is 28.9 Å². The van der Waals surface area contributed by atoms with Crippen LogP contribution in [-0.4, -0.2) is 93.8 Å². The van der Waals surface area contributed by atoms with Crippen LogP contribution in [0, 0.1) is 11.8 Å². The number of amides is 1. The molecule has 1 amide bonds. The molecule has 0 radical (unpaired) electrons. The maximum absolute atomic E-state index is 13.9. The molecule has 3 aliphatic carbocycles. The van der Waals surface area contributed by atoms with Gasteiger partial charge < -0.3 is 36.2 Å². The molecule has 11 nitrogen and oxygen atoms in total. The summed E-state index contributed by atoms with van der Waals surface area (Å²) in [5, 5.41) is 55.9. The summed E-state index contributed by atoms with van der Waals surface area (Å²) in [6.07, 6.45) is -1.62. The minimum Gasteiger partial charge on any atom is -0.508 e. The zero-order chi connectivity index (χ0) is 26.3. The average molecular weight is 488 g/mol. The predicted molar refractivity (Wildman–Crippen MR) is 125 cm³/mol. The zero-order valence-electron chi connectivity index (χ0n) is 20.0. The van der Waals surface area contributed by atoms with E-state index in [-0.39, 0.29) is 11.3 Å². The highest BCUT2D eigenvalue weighted by Gasteiger charge is 2.68. The van der Waals surface area contributed by atoms with Gasteiger partial charge in [-0.25, -0.2) is 0 Å². The second-order valence-corrected chi connectivity index (χ2v) is 9.84. The second kappa shape index (κ2) is 7.80. The molecular weight excluding hydrogens is 458 g/mol. The van der Waals surface area contributed by atoms with Crippen LogP contribution in [0.4, 0.5) is 5.69 Å². The number of benzene rings is 1. The molecule has 0 aromatic heterocycles. The Balaban J connectivity index is 2.09. The smallest absolute Gasteiger partial charge is 0.255 e. The summed E-state index contributed by atoms with van der Waals surface area (Å²) in [6, 6.07) is 1.60.